The summed E-state index contributed by atoms with van der Waals surface area (Å²) >= 11 is 1.76. The van der Waals surface area contributed by atoms with Crippen molar-refractivity contribution in [1.82, 2.24) is 10.3 Å². The van der Waals surface area contributed by atoms with E-state index in [0.717, 1.165) is 5.52 Å². The third-order valence-corrected chi connectivity index (χ3v) is 3.93. The predicted molar refractivity (Wildman–Crippen MR) is 75.5 cm³/mol. The SMILES string of the molecule is CCCC(C)NC(C)c1cnc2ccsc2c1. The maximum Gasteiger partial charge on any atom is 0.0809 e. The Kier molecular flexibility index (Phi) is 4.13. The Balaban J connectivity index is 2.09. The monoisotopic (exact) mass is 248 g/mol. The molecule has 1 N–H and O–H groups in total. The van der Waals surface area contributed by atoms with Crippen LogP contribution in [0, 0.1) is 0 Å². The van der Waals surface area contributed by atoms with Crippen molar-refractivity contribution < 1.29 is 0 Å². The molecule has 2 aromatic rings. The molecule has 0 aliphatic carbocycles. The summed E-state index contributed by atoms with van der Waals surface area (Å²) in [6.07, 6.45) is 4.44. The number of aromatic nitrogens is 1. The van der Waals surface area contributed by atoms with E-state index in [-0.39, 0.29) is 0 Å². The van der Waals surface area contributed by atoms with Gasteiger partial charge in [0.1, 0.15) is 0 Å². The van der Waals surface area contributed by atoms with Gasteiger partial charge in [0, 0.05) is 18.3 Å². The van der Waals surface area contributed by atoms with Crippen molar-refractivity contribution in [3.05, 3.63) is 29.3 Å². The molecule has 2 unspecified atom stereocenters. The zero-order chi connectivity index (χ0) is 12.3. The van der Waals surface area contributed by atoms with Crippen LogP contribution < -0.4 is 5.32 Å². The smallest absolute Gasteiger partial charge is 0.0809 e. The Bertz CT molecular complexity index is 478. The second-order valence-electron chi connectivity index (χ2n) is 4.65. The molecule has 2 rings (SSSR count). The Hall–Kier alpha value is -0.930. The van der Waals surface area contributed by atoms with Gasteiger partial charge in [-0.25, -0.2) is 0 Å². The zero-order valence-electron chi connectivity index (χ0n) is 10.7. The van der Waals surface area contributed by atoms with Gasteiger partial charge in [-0.3, -0.25) is 4.98 Å². The summed E-state index contributed by atoms with van der Waals surface area (Å²) < 4.78 is 1.28. The fourth-order valence-electron chi connectivity index (χ4n) is 2.14. The lowest BCUT2D eigenvalue weighted by Crippen LogP contribution is -2.28. The normalized spacial score (nSPS) is 15.0. The van der Waals surface area contributed by atoms with Crippen LogP contribution in [-0.4, -0.2) is 11.0 Å². The van der Waals surface area contributed by atoms with Gasteiger partial charge in [0.15, 0.2) is 0 Å². The molecule has 0 amide bonds. The Labute approximate surface area is 107 Å². The predicted octanol–water partition coefficient (Wildman–Crippen LogP) is 4.14. The lowest BCUT2D eigenvalue weighted by atomic mass is 10.1. The molecule has 0 bridgehead atoms. The second kappa shape index (κ2) is 5.61. The Morgan fingerprint density at radius 1 is 1.41 bits per heavy atom. The first-order chi connectivity index (χ1) is 8.20. The van der Waals surface area contributed by atoms with Gasteiger partial charge in [0.25, 0.3) is 0 Å². The van der Waals surface area contributed by atoms with Gasteiger partial charge < -0.3 is 5.32 Å². The number of fused-ring (bicyclic) bond motifs is 1. The molecule has 17 heavy (non-hydrogen) atoms. The van der Waals surface area contributed by atoms with E-state index in [1.165, 1.54) is 23.1 Å². The van der Waals surface area contributed by atoms with E-state index in [1.807, 2.05) is 6.20 Å². The van der Waals surface area contributed by atoms with Crippen molar-refractivity contribution in [2.45, 2.75) is 45.7 Å². The van der Waals surface area contributed by atoms with Crippen LogP contribution in [0.5, 0.6) is 0 Å². The lowest BCUT2D eigenvalue weighted by molar-refractivity contribution is 0.452. The fraction of sp³-hybridized carbons (Fsp3) is 0.500. The molecule has 2 heterocycles. The van der Waals surface area contributed by atoms with Crippen molar-refractivity contribution in [2.75, 3.05) is 0 Å². The van der Waals surface area contributed by atoms with Gasteiger partial charge in [-0.05, 0) is 43.3 Å². The van der Waals surface area contributed by atoms with Crippen molar-refractivity contribution in [3.8, 4) is 0 Å². The molecule has 0 spiro atoms. The average Bonchev–Trinajstić information content (AvgIpc) is 2.75. The van der Waals surface area contributed by atoms with E-state index < -0.39 is 0 Å². The minimum atomic E-state index is 0.371. The number of pyridine rings is 1. The number of thiophene rings is 1. The first-order valence-corrected chi connectivity index (χ1v) is 7.18. The van der Waals surface area contributed by atoms with Gasteiger partial charge in [-0.15, -0.1) is 11.3 Å². The van der Waals surface area contributed by atoms with Crippen LogP contribution in [0.15, 0.2) is 23.7 Å². The van der Waals surface area contributed by atoms with Crippen LogP contribution in [0.3, 0.4) is 0 Å². The molecule has 0 radical (unpaired) electrons. The minimum Gasteiger partial charge on any atom is -0.308 e. The topological polar surface area (TPSA) is 24.9 Å². The maximum atomic E-state index is 4.49. The number of nitrogens with one attached hydrogen (secondary N) is 1. The zero-order valence-corrected chi connectivity index (χ0v) is 11.6. The van der Waals surface area contributed by atoms with Crippen molar-refractivity contribution >= 4 is 21.6 Å². The number of nitrogens with zero attached hydrogens (tertiary/aromatic N) is 1. The highest BCUT2D eigenvalue weighted by Gasteiger charge is 2.10. The van der Waals surface area contributed by atoms with Crippen molar-refractivity contribution in [1.29, 1.82) is 0 Å². The van der Waals surface area contributed by atoms with Gasteiger partial charge >= 0.3 is 0 Å². The fourth-order valence-corrected chi connectivity index (χ4v) is 2.93. The van der Waals surface area contributed by atoms with Crippen molar-refractivity contribution in [3.63, 3.8) is 0 Å². The highest BCUT2D eigenvalue weighted by molar-refractivity contribution is 7.17. The van der Waals surface area contributed by atoms with Crippen LogP contribution in [0.25, 0.3) is 10.2 Å². The van der Waals surface area contributed by atoms with Crippen LogP contribution in [0.4, 0.5) is 0 Å². The van der Waals surface area contributed by atoms with Gasteiger partial charge in [0.05, 0.1) is 10.2 Å². The molecule has 0 saturated carbocycles. The molecule has 2 atom stereocenters. The summed E-state index contributed by atoms with van der Waals surface area (Å²) in [6.45, 7) is 6.68. The largest absolute Gasteiger partial charge is 0.308 e. The van der Waals surface area contributed by atoms with Crippen LogP contribution in [-0.2, 0) is 0 Å². The van der Waals surface area contributed by atoms with E-state index in [9.17, 15) is 0 Å². The molecule has 3 heteroatoms. The van der Waals surface area contributed by atoms with Gasteiger partial charge in [-0.2, -0.15) is 0 Å². The van der Waals surface area contributed by atoms with E-state index in [4.69, 9.17) is 0 Å². The van der Waals surface area contributed by atoms with Crippen LogP contribution in [0.2, 0.25) is 0 Å². The molecule has 2 aromatic heterocycles. The molecule has 0 saturated heterocycles. The lowest BCUT2D eigenvalue weighted by Gasteiger charge is -2.19. The average molecular weight is 248 g/mol. The Morgan fingerprint density at radius 3 is 3.00 bits per heavy atom. The van der Waals surface area contributed by atoms with Gasteiger partial charge in [-0.1, -0.05) is 13.3 Å². The van der Waals surface area contributed by atoms with Crippen LogP contribution in [0.1, 0.15) is 45.2 Å². The molecule has 0 aliphatic rings. The molecule has 2 nitrogen and oxygen atoms in total. The molecule has 0 aromatic carbocycles. The van der Waals surface area contributed by atoms with E-state index in [2.05, 4.69) is 48.6 Å². The summed E-state index contributed by atoms with van der Waals surface area (Å²) in [7, 11) is 0. The number of rotatable bonds is 5. The molecule has 0 aliphatic heterocycles. The third-order valence-electron chi connectivity index (χ3n) is 3.08. The quantitative estimate of drug-likeness (QED) is 0.860. The number of hydrogen-bond acceptors (Lipinski definition) is 3. The first kappa shape index (κ1) is 12.5. The summed E-state index contributed by atoms with van der Waals surface area (Å²) in [5.74, 6) is 0. The van der Waals surface area contributed by atoms with E-state index >= 15 is 0 Å². The molecular weight excluding hydrogens is 228 g/mol. The van der Waals surface area contributed by atoms with Crippen molar-refractivity contribution in [2.24, 2.45) is 0 Å². The summed E-state index contributed by atoms with van der Waals surface area (Å²) in [5, 5.41) is 5.72. The maximum absolute atomic E-state index is 4.49. The molecule has 0 fully saturated rings. The summed E-state index contributed by atoms with van der Waals surface area (Å²) in [5.41, 5.74) is 2.38. The third kappa shape index (κ3) is 3.05. The molecule has 92 valence electrons. The van der Waals surface area contributed by atoms with Crippen LogP contribution >= 0.6 is 11.3 Å². The summed E-state index contributed by atoms with van der Waals surface area (Å²) in [6, 6.07) is 5.26. The first-order valence-electron chi connectivity index (χ1n) is 6.30. The molecular formula is C14H20N2S. The second-order valence-corrected chi connectivity index (χ2v) is 5.60. The van der Waals surface area contributed by atoms with E-state index in [1.54, 1.807) is 11.3 Å². The standard InChI is InChI=1S/C14H20N2S/c1-4-5-10(2)16-11(3)12-8-14-13(15-9-12)6-7-17-14/h6-11,16H,4-5H2,1-3H3. The number of hydrogen-bond donors (Lipinski definition) is 1. The van der Waals surface area contributed by atoms with E-state index in [0.29, 0.717) is 12.1 Å². The summed E-state index contributed by atoms with van der Waals surface area (Å²) in [4.78, 5) is 4.49. The minimum absolute atomic E-state index is 0.371. The Morgan fingerprint density at radius 2 is 2.24 bits per heavy atom. The highest BCUT2D eigenvalue weighted by atomic mass is 32.1. The highest BCUT2D eigenvalue weighted by Crippen LogP contribution is 2.22. The van der Waals surface area contributed by atoms with Gasteiger partial charge in [0.2, 0.25) is 0 Å².